The van der Waals surface area contributed by atoms with E-state index < -0.39 is 5.60 Å². The maximum atomic E-state index is 12.7. The molecule has 0 bridgehead atoms. The predicted octanol–water partition coefficient (Wildman–Crippen LogP) is 4.87. The Morgan fingerprint density at radius 2 is 2.09 bits per heavy atom. The highest BCUT2D eigenvalue weighted by molar-refractivity contribution is 7.13. The van der Waals surface area contributed by atoms with Crippen molar-refractivity contribution in [2.24, 2.45) is 7.05 Å². The number of hydrogen-bond acceptors (Lipinski definition) is 8. The molecule has 4 heterocycles. The zero-order valence-corrected chi connectivity index (χ0v) is 21.0. The topological polar surface area (TPSA) is 102 Å². The van der Waals surface area contributed by atoms with Crippen LogP contribution in [0.3, 0.4) is 0 Å². The van der Waals surface area contributed by atoms with E-state index >= 15 is 0 Å². The van der Waals surface area contributed by atoms with Crippen LogP contribution in [0.4, 0.5) is 15.7 Å². The summed E-state index contributed by atoms with van der Waals surface area (Å²) >= 11 is 1.46. The lowest BCUT2D eigenvalue weighted by atomic mass is 10.2. The lowest BCUT2D eigenvalue weighted by molar-refractivity contribution is 0.0229. The van der Waals surface area contributed by atoms with Crippen LogP contribution in [0.25, 0.3) is 16.9 Å². The van der Waals surface area contributed by atoms with Crippen LogP contribution >= 0.6 is 11.3 Å². The molecule has 0 aromatic carbocycles. The maximum Gasteiger partial charge on any atom is 0.410 e. The Labute approximate surface area is 202 Å². The number of amides is 1. The summed E-state index contributed by atoms with van der Waals surface area (Å²) in [4.78, 5) is 28.1. The van der Waals surface area contributed by atoms with E-state index in [9.17, 15) is 4.79 Å². The molecule has 180 valence electrons. The SMILES string of the molecule is CCCCN(Cc1csc(Nc2nccn3c(-c4cnn(C)c4)cnc23)n1)C(=O)OC(C)(C)C. The molecule has 4 aromatic heterocycles. The largest absolute Gasteiger partial charge is 0.444 e. The second-order valence-electron chi connectivity index (χ2n) is 9.04. The van der Waals surface area contributed by atoms with E-state index in [1.54, 1.807) is 28.2 Å². The van der Waals surface area contributed by atoms with E-state index in [-0.39, 0.29) is 6.09 Å². The van der Waals surface area contributed by atoms with Crippen molar-refractivity contribution in [3.63, 3.8) is 0 Å². The molecule has 0 spiro atoms. The average Bonchev–Trinajstić information content (AvgIpc) is 3.50. The molecule has 0 fully saturated rings. The number of nitrogens with zero attached hydrogens (tertiary/aromatic N) is 7. The molecule has 0 atom stereocenters. The Bertz CT molecular complexity index is 1270. The van der Waals surface area contributed by atoms with E-state index in [4.69, 9.17) is 4.74 Å². The van der Waals surface area contributed by atoms with Gasteiger partial charge in [0.25, 0.3) is 0 Å². The van der Waals surface area contributed by atoms with Crippen molar-refractivity contribution in [1.29, 1.82) is 0 Å². The lowest BCUT2D eigenvalue weighted by Crippen LogP contribution is -2.37. The average molecular weight is 483 g/mol. The van der Waals surface area contributed by atoms with Crippen molar-refractivity contribution in [3.05, 3.63) is 42.1 Å². The molecule has 0 radical (unpaired) electrons. The molecular weight excluding hydrogens is 452 g/mol. The van der Waals surface area contributed by atoms with Crippen molar-refractivity contribution in [2.75, 3.05) is 11.9 Å². The highest BCUT2D eigenvalue weighted by atomic mass is 32.1. The summed E-state index contributed by atoms with van der Waals surface area (Å²) in [5, 5.41) is 10.1. The molecular formula is C23H30N8O2S. The summed E-state index contributed by atoms with van der Waals surface area (Å²) in [6.45, 7) is 8.72. The molecule has 34 heavy (non-hydrogen) atoms. The second kappa shape index (κ2) is 9.80. The van der Waals surface area contributed by atoms with Crippen LogP contribution in [-0.2, 0) is 18.3 Å². The lowest BCUT2D eigenvalue weighted by Gasteiger charge is -2.27. The monoisotopic (exact) mass is 482 g/mol. The second-order valence-corrected chi connectivity index (χ2v) is 9.90. The number of aromatic nitrogens is 6. The van der Waals surface area contributed by atoms with Crippen molar-refractivity contribution in [2.45, 2.75) is 52.7 Å². The summed E-state index contributed by atoms with van der Waals surface area (Å²) in [5.74, 6) is 0.605. The number of thiazole rings is 1. The van der Waals surface area contributed by atoms with Gasteiger partial charge in [-0.05, 0) is 27.2 Å². The molecule has 0 unspecified atom stereocenters. The molecule has 10 nitrogen and oxygen atoms in total. The quantitative estimate of drug-likeness (QED) is 0.382. The van der Waals surface area contributed by atoms with E-state index in [0.717, 1.165) is 29.8 Å². The minimum atomic E-state index is -0.542. The van der Waals surface area contributed by atoms with Crippen LogP contribution in [-0.4, -0.2) is 52.3 Å². The van der Waals surface area contributed by atoms with Crippen LogP contribution < -0.4 is 5.32 Å². The summed E-state index contributed by atoms with van der Waals surface area (Å²) in [6, 6.07) is 0. The van der Waals surface area contributed by atoms with Crippen LogP contribution in [0, 0.1) is 0 Å². The Morgan fingerprint density at radius 3 is 2.79 bits per heavy atom. The molecule has 4 rings (SSSR count). The number of carbonyl (C=O) groups excluding carboxylic acids is 1. The Hall–Kier alpha value is -3.47. The molecule has 0 saturated carbocycles. The molecule has 4 aromatic rings. The zero-order valence-electron chi connectivity index (χ0n) is 20.1. The molecule has 0 aliphatic rings. The normalized spacial score (nSPS) is 11.7. The summed E-state index contributed by atoms with van der Waals surface area (Å²) < 4.78 is 9.31. The van der Waals surface area contributed by atoms with E-state index in [0.29, 0.717) is 29.7 Å². The summed E-state index contributed by atoms with van der Waals surface area (Å²) in [6.07, 6.45) is 10.7. The zero-order chi connectivity index (χ0) is 24.3. The number of hydrogen-bond donors (Lipinski definition) is 1. The van der Waals surface area contributed by atoms with Crippen LogP contribution in [0.1, 0.15) is 46.2 Å². The van der Waals surface area contributed by atoms with Gasteiger partial charge < -0.3 is 15.0 Å². The molecule has 0 aliphatic heterocycles. The van der Waals surface area contributed by atoms with Gasteiger partial charge in [-0.15, -0.1) is 11.3 Å². The minimum Gasteiger partial charge on any atom is -0.444 e. The fraction of sp³-hybridized carbons (Fsp3) is 0.435. The molecule has 0 saturated heterocycles. The first-order chi connectivity index (χ1) is 16.2. The van der Waals surface area contributed by atoms with Crippen molar-refractivity contribution in [1.82, 2.24) is 34.0 Å². The van der Waals surface area contributed by atoms with Crippen molar-refractivity contribution in [3.8, 4) is 11.3 Å². The number of ether oxygens (including phenoxy) is 1. The van der Waals surface area contributed by atoms with Gasteiger partial charge in [-0.25, -0.2) is 19.7 Å². The van der Waals surface area contributed by atoms with Crippen LogP contribution in [0.2, 0.25) is 0 Å². The van der Waals surface area contributed by atoms with Crippen LogP contribution in [0.15, 0.2) is 36.4 Å². The number of aryl methyl sites for hydroxylation is 1. The molecule has 11 heteroatoms. The van der Waals surface area contributed by atoms with E-state index in [1.165, 1.54) is 11.3 Å². The minimum absolute atomic E-state index is 0.324. The smallest absolute Gasteiger partial charge is 0.410 e. The highest BCUT2D eigenvalue weighted by Gasteiger charge is 2.23. The third-order valence-electron chi connectivity index (χ3n) is 4.99. The first-order valence-electron chi connectivity index (χ1n) is 11.2. The fourth-order valence-electron chi connectivity index (χ4n) is 3.42. The predicted molar refractivity (Wildman–Crippen MR) is 132 cm³/mol. The van der Waals surface area contributed by atoms with E-state index in [1.807, 2.05) is 50.0 Å². The fourth-order valence-corrected chi connectivity index (χ4v) is 4.12. The number of unbranched alkanes of at least 4 members (excludes halogenated alkanes) is 1. The van der Waals surface area contributed by atoms with Crippen molar-refractivity contribution >= 4 is 34.0 Å². The van der Waals surface area contributed by atoms with Crippen LogP contribution in [0.5, 0.6) is 0 Å². The summed E-state index contributed by atoms with van der Waals surface area (Å²) in [5.41, 5.74) is 2.84. The molecule has 1 N–H and O–H groups in total. The number of carbonyl (C=O) groups is 1. The van der Waals surface area contributed by atoms with Gasteiger partial charge in [-0.3, -0.25) is 9.08 Å². The van der Waals surface area contributed by atoms with Gasteiger partial charge in [0.05, 0.1) is 30.3 Å². The van der Waals surface area contributed by atoms with Crippen molar-refractivity contribution < 1.29 is 9.53 Å². The van der Waals surface area contributed by atoms with Gasteiger partial charge in [0.1, 0.15) is 5.60 Å². The third-order valence-corrected chi connectivity index (χ3v) is 5.80. The van der Waals surface area contributed by atoms with Gasteiger partial charge in [0.15, 0.2) is 16.6 Å². The molecule has 1 amide bonds. The number of imidazole rings is 1. The van der Waals surface area contributed by atoms with Gasteiger partial charge in [-0.1, -0.05) is 13.3 Å². The highest BCUT2D eigenvalue weighted by Crippen LogP contribution is 2.26. The van der Waals surface area contributed by atoms with Gasteiger partial charge in [0, 0.05) is 43.1 Å². The number of nitrogens with one attached hydrogen (secondary N) is 1. The Morgan fingerprint density at radius 1 is 1.26 bits per heavy atom. The number of fused-ring (bicyclic) bond motifs is 1. The maximum absolute atomic E-state index is 12.7. The Kier molecular flexibility index (Phi) is 6.82. The number of anilines is 2. The number of rotatable bonds is 8. The van der Waals surface area contributed by atoms with E-state index in [2.05, 4.69) is 32.3 Å². The van der Waals surface area contributed by atoms with Gasteiger partial charge in [0.2, 0.25) is 0 Å². The first kappa shape index (κ1) is 23.7. The summed E-state index contributed by atoms with van der Waals surface area (Å²) in [7, 11) is 1.88. The van der Waals surface area contributed by atoms with Gasteiger partial charge >= 0.3 is 6.09 Å². The third kappa shape index (κ3) is 5.53. The first-order valence-corrected chi connectivity index (χ1v) is 12.1. The Balaban J connectivity index is 1.51. The standard InChI is InChI=1S/C23H30N8O2S/c1-6-7-9-30(22(32)33-23(2,3)4)14-17-15-34-21(27-17)28-19-20-25-12-18(31(20)10-8-24-19)16-11-26-29(5)13-16/h8,10-13,15H,6-7,9,14H2,1-5H3,(H,24,27,28). The molecule has 0 aliphatic carbocycles. The van der Waals surface area contributed by atoms with Gasteiger partial charge in [-0.2, -0.15) is 5.10 Å².